The molecule has 0 fully saturated rings. The summed E-state index contributed by atoms with van der Waals surface area (Å²) < 4.78 is 59.8. The van der Waals surface area contributed by atoms with Gasteiger partial charge in [0.1, 0.15) is 19.0 Å². The van der Waals surface area contributed by atoms with Gasteiger partial charge in [0, 0.05) is 0 Å². The third kappa shape index (κ3) is 29.8. The summed E-state index contributed by atoms with van der Waals surface area (Å²) in [4.78, 5) is 10.3. The molecule has 0 aliphatic rings. The first-order valence-electron chi connectivity index (χ1n) is 18.3. The van der Waals surface area contributed by atoms with Gasteiger partial charge in [0.05, 0.1) is 126 Å². The smallest absolute Gasteiger partial charge is 0.329 e. The fourth-order valence-corrected chi connectivity index (χ4v) is 4.49. The predicted molar refractivity (Wildman–Crippen MR) is 189 cm³/mol. The molecule has 1 aromatic rings. The van der Waals surface area contributed by atoms with Crippen LogP contribution in [0.15, 0.2) is 24.3 Å². The van der Waals surface area contributed by atoms with Crippen LogP contribution in [0.3, 0.4) is 0 Å². The van der Waals surface area contributed by atoms with E-state index in [-0.39, 0.29) is 13.2 Å². The Hall–Kier alpha value is -1.91. The lowest BCUT2D eigenvalue weighted by Gasteiger charge is -2.18. The van der Waals surface area contributed by atoms with Crippen LogP contribution in [0.25, 0.3) is 0 Å². The quantitative estimate of drug-likeness (QED) is 0.0948. The topological polar surface area (TPSA) is 139 Å². The first-order chi connectivity index (χ1) is 24.6. The fraction of sp³-hybridized carbons (Fsp3) is 0.811. The van der Waals surface area contributed by atoms with Crippen LogP contribution >= 0.6 is 0 Å². The van der Waals surface area contributed by atoms with E-state index < -0.39 is 5.97 Å². The van der Waals surface area contributed by atoms with E-state index in [2.05, 4.69) is 45.0 Å². The molecule has 1 N–H and O–H groups in total. The zero-order valence-corrected chi connectivity index (χ0v) is 31.0. The second kappa shape index (κ2) is 35.5. The average molecular weight is 719 g/mol. The van der Waals surface area contributed by atoms with Crippen LogP contribution < -0.4 is 4.74 Å². The van der Waals surface area contributed by atoms with Gasteiger partial charge in [-0.1, -0.05) is 45.7 Å². The minimum atomic E-state index is -0.995. The second-order valence-electron chi connectivity index (χ2n) is 11.6. The van der Waals surface area contributed by atoms with Crippen LogP contribution in [0.4, 0.5) is 0 Å². The Bertz CT molecular complexity index is 858. The molecule has 0 spiro atoms. The maximum absolute atomic E-state index is 10.3. The van der Waals surface area contributed by atoms with E-state index >= 15 is 0 Å². The molecule has 292 valence electrons. The number of ether oxygens (including phenoxy) is 11. The summed E-state index contributed by atoms with van der Waals surface area (Å²) in [5, 5.41) is 8.44. The summed E-state index contributed by atoms with van der Waals surface area (Å²) in [6, 6.07) is 8.54. The van der Waals surface area contributed by atoms with Crippen molar-refractivity contribution in [3.63, 3.8) is 0 Å². The van der Waals surface area contributed by atoms with E-state index in [1.54, 1.807) is 0 Å². The molecule has 0 saturated heterocycles. The highest BCUT2D eigenvalue weighted by molar-refractivity contribution is 5.67. The minimum Gasteiger partial charge on any atom is -0.491 e. The Morgan fingerprint density at radius 3 is 1.16 bits per heavy atom. The first kappa shape index (κ1) is 46.1. The monoisotopic (exact) mass is 718 g/mol. The predicted octanol–water partition coefficient (Wildman–Crippen LogP) is 4.64. The van der Waals surface area contributed by atoms with Crippen molar-refractivity contribution in [3.8, 4) is 5.75 Å². The Balaban J connectivity index is 1.74. The molecule has 1 aromatic carbocycles. The van der Waals surface area contributed by atoms with Crippen LogP contribution in [-0.4, -0.2) is 150 Å². The van der Waals surface area contributed by atoms with Gasteiger partial charge < -0.3 is 57.2 Å². The van der Waals surface area contributed by atoms with Crippen molar-refractivity contribution in [2.75, 3.05) is 139 Å². The number of carboxylic acids is 1. The third-order valence-electron chi connectivity index (χ3n) is 7.62. The van der Waals surface area contributed by atoms with Gasteiger partial charge >= 0.3 is 5.97 Å². The molecule has 1 rings (SSSR count). The summed E-state index contributed by atoms with van der Waals surface area (Å²) in [6.45, 7) is 15.9. The van der Waals surface area contributed by atoms with E-state index in [0.29, 0.717) is 131 Å². The van der Waals surface area contributed by atoms with E-state index in [9.17, 15) is 4.79 Å². The maximum Gasteiger partial charge on any atom is 0.329 e. The average Bonchev–Trinajstić information content (AvgIpc) is 3.12. The second-order valence-corrected chi connectivity index (χ2v) is 11.6. The minimum absolute atomic E-state index is 0.242. The van der Waals surface area contributed by atoms with Gasteiger partial charge in [-0.15, -0.1) is 0 Å². The highest BCUT2D eigenvalue weighted by Crippen LogP contribution is 2.28. The Morgan fingerprint density at radius 2 is 0.840 bits per heavy atom. The molecule has 50 heavy (non-hydrogen) atoms. The summed E-state index contributed by atoms with van der Waals surface area (Å²) in [5.74, 6) is 1.29. The van der Waals surface area contributed by atoms with Crippen molar-refractivity contribution in [1.82, 2.24) is 0 Å². The molecule has 0 aromatic heterocycles. The molecule has 2 unspecified atom stereocenters. The molecule has 0 bridgehead atoms. The summed E-state index contributed by atoms with van der Waals surface area (Å²) in [6.07, 6.45) is 4.94. The number of rotatable bonds is 39. The molecular weight excluding hydrogens is 652 g/mol. The van der Waals surface area contributed by atoms with E-state index in [1.807, 2.05) is 0 Å². The molecule has 13 heteroatoms. The molecule has 0 heterocycles. The van der Waals surface area contributed by atoms with Crippen LogP contribution in [0, 0.1) is 5.92 Å². The van der Waals surface area contributed by atoms with Crippen LogP contribution in [0.1, 0.15) is 57.9 Å². The van der Waals surface area contributed by atoms with Crippen LogP contribution in [0.5, 0.6) is 5.75 Å². The zero-order valence-electron chi connectivity index (χ0n) is 31.0. The fourth-order valence-electron chi connectivity index (χ4n) is 4.49. The van der Waals surface area contributed by atoms with Crippen molar-refractivity contribution in [1.29, 1.82) is 0 Å². The number of benzene rings is 1. The van der Waals surface area contributed by atoms with Gasteiger partial charge in [0.25, 0.3) is 0 Å². The third-order valence-corrected chi connectivity index (χ3v) is 7.62. The Labute approximate surface area is 300 Å². The highest BCUT2D eigenvalue weighted by atomic mass is 16.6. The Morgan fingerprint density at radius 1 is 0.500 bits per heavy atom. The summed E-state index contributed by atoms with van der Waals surface area (Å²) >= 11 is 0. The Kier molecular flexibility index (Phi) is 32.7. The standard InChI is InChI=1S/C37H66O13/c1-4-33(3)6-7-34(5-2)35-8-10-36(11-9-35)50-31-30-48-27-26-46-23-22-44-19-18-42-15-14-40-12-13-41-16-17-43-20-21-45-24-25-47-28-29-49-32-37(38)39/h8-11,33-34H,4-7,12-32H2,1-3H3,(H,38,39). The molecule has 0 aliphatic carbocycles. The maximum atomic E-state index is 10.3. The molecule has 0 aliphatic heterocycles. The molecular formula is C37H66O13. The summed E-state index contributed by atoms with van der Waals surface area (Å²) in [5.41, 5.74) is 1.40. The largest absolute Gasteiger partial charge is 0.491 e. The van der Waals surface area contributed by atoms with Gasteiger partial charge in [-0.05, 0) is 42.4 Å². The van der Waals surface area contributed by atoms with Gasteiger partial charge in [0.15, 0.2) is 0 Å². The van der Waals surface area contributed by atoms with Crippen molar-refractivity contribution in [2.45, 2.75) is 52.4 Å². The molecule has 2 atom stereocenters. The van der Waals surface area contributed by atoms with Gasteiger partial charge in [-0.3, -0.25) is 0 Å². The van der Waals surface area contributed by atoms with Gasteiger partial charge in [-0.25, -0.2) is 4.79 Å². The zero-order chi connectivity index (χ0) is 36.2. The molecule has 0 saturated carbocycles. The first-order valence-corrected chi connectivity index (χ1v) is 18.3. The van der Waals surface area contributed by atoms with Crippen molar-refractivity contribution in [2.24, 2.45) is 5.92 Å². The normalized spacial score (nSPS) is 12.7. The van der Waals surface area contributed by atoms with Crippen LogP contribution in [0.2, 0.25) is 0 Å². The number of aliphatic carboxylic acids is 1. The molecule has 0 radical (unpaired) electrons. The molecule has 13 nitrogen and oxygen atoms in total. The number of hydrogen-bond donors (Lipinski definition) is 1. The van der Waals surface area contributed by atoms with E-state index in [0.717, 1.165) is 11.7 Å². The van der Waals surface area contributed by atoms with Gasteiger partial charge in [-0.2, -0.15) is 0 Å². The SMILES string of the molecule is CCC(C)CCC(CC)c1ccc(OCCOCCOCCOCCOCCOCCOCCOCCOCCOCCOCC(=O)O)cc1. The number of hydrogen-bond acceptors (Lipinski definition) is 12. The lowest BCUT2D eigenvalue weighted by Crippen LogP contribution is -2.15. The number of carboxylic acid groups (broad SMARTS) is 1. The lowest BCUT2D eigenvalue weighted by molar-refractivity contribution is -0.142. The van der Waals surface area contributed by atoms with Crippen molar-refractivity contribution >= 4 is 5.97 Å². The number of carbonyl (C=O) groups is 1. The molecule has 0 amide bonds. The van der Waals surface area contributed by atoms with Gasteiger partial charge in [0.2, 0.25) is 0 Å². The van der Waals surface area contributed by atoms with Crippen LogP contribution in [-0.2, 0) is 52.2 Å². The summed E-state index contributed by atoms with van der Waals surface area (Å²) in [7, 11) is 0. The van der Waals surface area contributed by atoms with E-state index in [4.69, 9.17) is 57.2 Å². The highest BCUT2D eigenvalue weighted by Gasteiger charge is 2.11. The van der Waals surface area contributed by atoms with E-state index in [1.165, 1.54) is 31.2 Å². The van der Waals surface area contributed by atoms with Crippen molar-refractivity contribution < 1.29 is 62.0 Å². The van der Waals surface area contributed by atoms with Crippen molar-refractivity contribution in [3.05, 3.63) is 29.8 Å². The lowest BCUT2D eigenvalue weighted by atomic mass is 9.88.